The molecule has 5 rings (SSSR count). The second-order valence-electron chi connectivity index (χ2n) is 8.98. The van der Waals surface area contributed by atoms with Gasteiger partial charge in [-0.05, 0) is 44.4 Å². The van der Waals surface area contributed by atoms with Crippen LogP contribution in [0.5, 0.6) is 0 Å². The van der Waals surface area contributed by atoms with Crippen LogP contribution in [0.3, 0.4) is 0 Å². The number of fused-ring (bicyclic) bond motifs is 2. The highest BCUT2D eigenvalue weighted by molar-refractivity contribution is 5.76. The highest BCUT2D eigenvalue weighted by Crippen LogP contribution is 2.32. The van der Waals surface area contributed by atoms with Gasteiger partial charge < -0.3 is 4.90 Å². The number of aromatic amines is 1. The minimum Gasteiger partial charge on any atom is -0.334 e. The van der Waals surface area contributed by atoms with Crippen molar-refractivity contribution in [1.82, 2.24) is 24.4 Å². The first kappa shape index (κ1) is 19.5. The van der Waals surface area contributed by atoms with Gasteiger partial charge in [0.25, 0.3) is 5.56 Å². The summed E-state index contributed by atoms with van der Waals surface area (Å²) < 4.78 is 1.59. The first-order valence-electron chi connectivity index (χ1n) is 11.4. The highest BCUT2D eigenvalue weighted by Gasteiger charge is 2.31. The van der Waals surface area contributed by atoms with Crippen molar-refractivity contribution in [3.05, 3.63) is 45.5 Å². The summed E-state index contributed by atoms with van der Waals surface area (Å²) in [7, 11) is 0. The molecule has 2 aliphatic heterocycles. The summed E-state index contributed by atoms with van der Waals surface area (Å²) in [5, 5.41) is 3.27. The Morgan fingerprint density at radius 2 is 2.17 bits per heavy atom. The fourth-order valence-corrected chi connectivity index (χ4v) is 5.37. The number of H-pyrrole nitrogens is 1. The normalized spacial score (nSPS) is 24.5. The number of nitrogens with one attached hydrogen (secondary N) is 1. The summed E-state index contributed by atoms with van der Waals surface area (Å²) in [6, 6.07) is 1.99. The van der Waals surface area contributed by atoms with Gasteiger partial charge in [0.15, 0.2) is 5.65 Å². The van der Waals surface area contributed by atoms with E-state index in [1.807, 2.05) is 17.9 Å². The van der Waals surface area contributed by atoms with Gasteiger partial charge >= 0.3 is 0 Å². The Labute approximate surface area is 176 Å². The van der Waals surface area contributed by atoms with E-state index in [0.29, 0.717) is 18.0 Å². The summed E-state index contributed by atoms with van der Waals surface area (Å²) in [5.41, 5.74) is 3.39. The van der Waals surface area contributed by atoms with Gasteiger partial charge in [-0.25, -0.2) is 9.50 Å². The summed E-state index contributed by atoms with van der Waals surface area (Å²) in [6.07, 6.45) is 11.4. The van der Waals surface area contributed by atoms with Crippen molar-refractivity contribution in [3.8, 4) is 0 Å². The van der Waals surface area contributed by atoms with E-state index in [9.17, 15) is 9.59 Å². The molecule has 0 aromatic carbocycles. The third kappa shape index (κ3) is 3.49. The molecule has 7 nitrogen and oxygen atoms in total. The Kier molecular flexibility index (Phi) is 5.23. The number of likely N-dealkylation sites (tertiary alicyclic amines) is 1. The predicted molar refractivity (Wildman–Crippen MR) is 115 cm³/mol. The monoisotopic (exact) mass is 409 g/mol. The van der Waals surface area contributed by atoms with Crippen LogP contribution in [0.15, 0.2) is 23.0 Å². The second-order valence-corrected chi connectivity index (χ2v) is 8.98. The average Bonchev–Trinajstić information content (AvgIpc) is 3.41. The first-order valence-corrected chi connectivity index (χ1v) is 11.4. The lowest BCUT2D eigenvalue weighted by Crippen LogP contribution is -2.38. The van der Waals surface area contributed by atoms with Crippen molar-refractivity contribution in [2.45, 2.75) is 64.5 Å². The highest BCUT2D eigenvalue weighted by atomic mass is 16.2. The van der Waals surface area contributed by atoms with Gasteiger partial charge in [-0.1, -0.05) is 19.1 Å². The van der Waals surface area contributed by atoms with Crippen LogP contribution < -0.4 is 5.56 Å². The van der Waals surface area contributed by atoms with Gasteiger partial charge in [0.2, 0.25) is 5.91 Å². The zero-order valence-corrected chi connectivity index (χ0v) is 17.8. The fourth-order valence-electron chi connectivity index (χ4n) is 5.37. The molecule has 2 atom stereocenters. The van der Waals surface area contributed by atoms with Crippen LogP contribution in [-0.2, 0) is 17.8 Å². The van der Waals surface area contributed by atoms with Gasteiger partial charge in [-0.15, -0.1) is 0 Å². The third-order valence-electron chi connectivity index (χ3n) is 6.99. The Bertz CT molecular complexity index is 1040. The van der Waals surface area contributed by atoms with E-state index in [4.69, 9.17) is 4.98 Å². The Balaban J connectivity index is 1.41. The largest absolute Gasteiger partial charge is 0.334 e. The summed E-state index contributed by atoms with van der Waals surface area (Å²) in [5.74, 6) is 0.883. The fraction of sp³-hybridized carbons (Fsp3) is 0.609. The molecule has 7 heteroatoms. The van der Waals surface area contributed by atoms with Crippen LogP contribution in [0.25, 0.3) is 5.65 Å². The lowest BCUT2D eigenvalue weighted by atomic mass is 9.93. The van der Waals surface area contributed by atoms with Gasteiger partial charge in [-0.2, -0.15) is 0 Å². The molecule has 160 valence electrons. The quantitative estimate of drug-likeness (QED) is 0.788. The van der Waals surface area contributed by atoms with Crippen LogP contribution in [0.4, 0.5) is 0 Å². The van der Waals surface area contributed by atoms with Gasteiger partial charge in [0.05, 0.1) is 17.4 Å². The summed E-state index contributed by atoms with van der Waals surface area (Å²) in [4.78, 5) is 34.7. The SMILES string of the molecule is CCC(=O)N1CCCC1c1cc2nc3c(c(=O)n2[nH]1)CCN(CC1CC=CCC1)C3. The van der Waals surface area contributed by atoms with Crippen LogP contribution in [0.1, 0.15) is 68.4 Å². The minimum absolute atomic E-state index is 0.0198. The molecule has 0 spiro atoms. The third-order valence-corrected chi connectivity index (χ3v) is 6.99. The first-order chi connectivity index (χ1) is 14.6. The maximum Gasteiger partial charge on any atom is 0.276 e. The average molecular weight is 410 g/mol. The molecule has 0 radical (unpaired) electrons. The Morgan fingerprint density at radius 3 is 2.97 bits per heavy atom. The number of hydrogen-bond donors (Lipinski definition) is 1. The van der Waals surface area contributed by atoms with E-state index in [1.165, 1.54) is 12.8 Å². The summed E-state index contributed by atoms with van der Waals surface area (Å²) in [6.45, 7) is 5.45. The maximum atomic E-state index is 13.2. The van der Waals surface area contributed by atoms with E-state index in [0.717, 1.165) is 68.8 Å². The molecule has 3 aliphatic rings. The molecular weight excluding hydrogens is 378 g/mol. The topological polar surface area (TPSA) is 73.7 Å². The lowest BCUT2D eigenvalue weighted by molar-refractivity contribution is -0.131. The van der Waals surface area contributed by atoms with Crippen LogP contribution in [0.2, 0.25) is 0 Å². The van der Waals surface area contributed by atoms with Crippen molar-refractivity contribution < 1.29 is 4.79 Å². The number of carbonyl (C=O) groups is 1. The zero-order valence-electron chi connectivity index (χ0n) is 17.8. The van der Waals surface area contributed by atoms with E-state index < -0.39 is 0 Å². The zero-order chi connectivity index (χ0) is 20.7. The van der Waals surface area contributed by atoms with E-state index in [-0.39, 0.29) is 17.5 Å². The molecule has 2 aromatic rings. The van der Waals surface area contributed by atoms with Crippen molar-refractivity contribution in [1.29, 1.82) is 0 Å². The molecule has 1 saturated heterocycles. The molecule has 1 aliphatic carbocycles. The minimum atomic E-state index is 0.0198. The Morgan fingerprint density at radius 1 is 1.27 bits per heavy atom. The number of amides is 1. The van der Waals surface area contributed by atoms with E-state index >= 15 is 0 Å². The number of allylic oxidation sites excluding steroid dienone is 2. The van der Waals surface area contributed by atoms with Crippen molar-refractivity contribution >= 4 is 11.6 Å². The number of aromatic nitrogens is 3. The van der Waals surface area contributed by atoms with Crippen molar-refractivity contribution in [2.24, 2.45) is 5.92 Å². The number of nitrogens with zero attached hydrogens (tertiary/aromatic N) is 4. The molecule has 1 N–H and O–H groups in total. The number of rotatable bonds is 4. The van der Waals surface area contributed by atoms with E-state index in [2.05, 4.69) is 22.2 Å². The maximum absolute atomic E-state index is 13.2. The molecule has 0 bridgehead atoms. The number of carbonyl (C=O) groups excluding carboxylic acids is 1. The van der Waals surface area contributed by atoms with Crippen molar-refractivity contribution in [3.63, 3.8) is 0 Å². The second kappa shape index (κ2) is 8.02. The van der Waals surface area contributed by atoms with Crippen LogP contribution in [-0.4, -0.2) is 49.9 Å². The molecule has 30 heavy (non-hydrogen) atoms. The molecule has 1 fully saturated rings. The van der Waals surface area contributed by atoms with Gasteiger partial charge in [-0.3, -0.25) is 19.6 Å². The van der Waals surface area contributed by atoms with Crippen molar-refractivity contribution in [2.75, 3.05) is 19.6 Å². The molecule has 2 aromatic heterocycles. The van der Waals surface area contributed by atoms with Crippen LogP contribution >= 0.6 is 0 Å². The van der Waals surface area contributed by atoms with E-state index in [1.54, 1.807) is 4.52 Å². The summed E-state index contributed by atoms with van der Waals surface area (Å²) >= 11 is 0. The number of hydrogen-bond acceptors (Lipinski definition) is 4. The molecule has 4 heterocycles. The predicted octanol–water partition coefficient (Wildman–Crippen LogP) is 2.81. The van der Waals surface area contributed by atoms with Gasteiger partial charge in [0.1, 0.15) is 0 Å². The van der Waals surface area contributed by atoms with Crippen LogP contribution in [0, 0.1) is 5.92 Å². The lowest BCUT2D eigenvalue weighted by Gasteiger charge is -2.31. The smallest absolute Gasteiger partial charge is 0.276 e. The Hall–Kier alpha value is -2.41. The standard InChI is InChI=1S/C23H31N5O2/c1-2-22(29)27-11-6-9-20(27)18-13-21-24-19-15-26(14-16-7-4-3-5-8-16)12-10-17(19)23(30)28(21)25-18/h3-4,13,16,20,25H,2,5-12,14-15H2,1H3. The molecular formula is C23H31N5O2. The van der Waals surface area contributed by atoms with Gasteiger partial charge in [0, 0.05) is 44.2 Å². The molecule has 1 amide bonds. The molecule has 2 unspecified atom stereocenters. The molecule has 0 saturated carbocycles.